The van der Waals surface area contributed by atoms with Crippen LogP contribution in [0.4, 0.5) is 0 Å². The van der Waals surface area contributed by atoms with E-state index in [1.54, 1.807) is 24.3 Å². The van der Waals surface area contributed by atoms with Crippen LogP contribution in [0.1, 0.15) is 44.2 Å². The molecule has 33 heavy (non-hydrogen) atoms. The highest BCUT2D eigenvalue weighted by atomic mass is 35.5. The van der Waals surface area contributed by atoms with Gasteiger partial charge in [0.25, 0.3) is 0 Å². The zero-order valence-electron chi connectivity index (χ0n) is 19.4. The molecule has 1 saturated heterocycles. The average Bonchev–Trinajstić information content (AvgIpc) is 2.78. The maximum atomic E-state index is 13.2. The van der Waals surface area contributed by atoms with Crippen LogP contribution in [0.15, 0.2) is 53.4 Å². The van der Waals surface area contributed by atoms with Crippen LogP contribution in [0.3, 0.4) is 0 Å². The molecule has 0 bridgehead atoms. The second-order valence-electron chi connectivity index (χ2n) is 9.23. The van der Waals surface area contributed by atoms with Crippen LogP contribution in [0, 0.1) is 12.8 Å². The van der Waals surface area contributed by atoms with E-state index in [1.165, 1.54) is 0 Å². The molecule has 3 rings (SSSR count). The molecule has 1 unspecified atom stereocenters. The molecule has 6 nitrogen and oxygen atoms in total. The van der Waals surface area contributed by atoms with Gasteiger partial charge in [-0.15, -0.1) is 0 Å². The molecular weight excluding hydrogens is 460 g/mol. The summed E-state index contributed by atoms with van der Waals surface area (Å²) in [5.74, 6) is -0.186. The molecule has 0 aliphatic carbocycles. The summed E-state index contributed by atoms with van der Waals surface area (Å²) in [6.07, 6.45) is 1.92. The molecule has 0 spiro atoms. The summed E-state index contributed by atoms with van der Waals surface area (Å²) < 4.78 is 34.1. The van der Waals surface area contributed by atoms with Gasteiger partial charge >= 0.3 is 0 Å². The van der Waals surface area contributed by atoms with Crippen molar-refractivity contribution in [1.29, 1.82) is 0 Å². The maximum Gasteiger partial charge on any atom is 0.241 e. The van der Waals surface area contributed by atoms with Crippen molar-refractivity contribution in [2.45, 2.75) is 56.4 Å². The van der Waals surface area contributed by atoms with Gasteiger partial charge in [0, 0.05) is 30.2 Å². The third kappa shape index (κ3) is 6.79. The van der Waals surface area contributed by atoms with E-state index in [4.69, 9.17) is 16.3 Å². The predicted octanol–water partition coefficient (Wildman–Crippen LogP) is 4.21. The number of carbonyl (C=O) groups is 1. The summed E-state index contributed by atoms with van der Waals surface area (Å²) in [4.78, 5) is 13.4. The molecule has 1 atom stereocenters. The summed E-state index contributed by atoms with van der Waals surface area (Å²) in [6.45, 7) is 7.44. The van der Waals surface area contributed by atoms with Gasteiger partial charge in [0.15, 0.2) is 0 Å². The van der Waals surface area contributed by atoms with Gasteiger partial charge in [-0.1, -0.05) is 55.3 Å². The highest BCUT2D eigenvalue weighted by Gasteiger charge is 2.36. The first-order valence-electron chi connectivity index (χ1n) is 11.3. The summed E-state index contributed by atoms with van der Waals surface area (Å²) in [7, 11) is -3.83. The van der Waals surface area contributed by atoms with Crippen molar-refractivity contribution in [3.8, 4) is 0 Å². The van der Waals surface area contributed by atoms with Gasteiger partial charge in [0.05, 0.1) is 4.90 Å². The van der Waals surface area contributed by atoms with Crippen molar-refractivity contribution < 1.29 is 17.9 Å². The Bertz CT molecular complexity index is 1030. The number of aryl methyl sites for hydroxylation is 1. The Labute approximate surface area is 202 Å². The quantitative estimate of drug-likeness (QED) is 0.549. The Morgan fingerprint density at radius 3 is 2.24 bits per heavy atom. The molecular formula is C25H33ClN2O4S. The van der Waals surface area contributed by atoms with Crippen molar-refractivity contribution in [3.63, 3.8) is 0 Å². The molecule has 1 heterocycles. The van der Waals surface area contributed by atoms with Crippen LogP contribution >= 0.6 is 11.6 Å². The number of sulfonamides is 1. The zero-order valence-corrected chi connectivity index (χ0v) is 21.0. The lowest BCUT2D eigenvalue weighted by Crippen LogP contribution is -2.51. The van der Waals surface area contributed by atoms with Gasteiger partial charge in [-0.3, -0.25) is 4.79 Å². The average molecular weight is 493 g/mol. The van der Waals surface area contributed by atoms with Crippen molar-refractivity contribution in [2.24, 2.45) is 5.92 Å². The van der Waals surface area contributed by atoms with E-state index in [9.17, 15) is 13.2 Å². The summed E-state index contributed by atoms with van der Waals surface area (Å²) in [5, 5.41) is 3.70. The maximum absolute atomic E-state index is 13.2. The molecule has 180 valence electrons. The lowest BCUT2D eigenvalue weighted by molar-refractivity contribution is -0.123. The monoisotopic (exact) mass is 492 g/mol. The SMILES string of the molecule is Cc1ccc(S(=O)(=O)NC(CC(C)C)C(=O)NCC2(c3ccc(Cl)cc3)CCOCC2)cc1. The normalized spacial score (nSPS) is 17.0. The molecule has 2 aromatic rings. The predicted molar refractivity (Wildman–Crippen MR) is 131 cm³/mol. The van der Waals surface area contributed by atoms with Crippen molar-refractivity contribution in [2.75, 3.05) is 19.8 Å². The van der Waals surface area contributed by atoms with Gasteiger partial charge in [0.1, 0.15) is 6.04 Å². The number of halogens is 1. The Morgan fingerprint density at radius 2 is 1.67 bits per heavy atom. The first kappa shape index (κ1) is 25.7. The summed E-state index contributed by atoms with van der Waals surface area (Å²) in [6, 6.07) is 13.4. The van der Waals surface area contributed by atoms with E-state index < -0.39 is 16.1 Å². The van der Waals surface area contributed by atoms with Crippen molar-refractivity contribution >= 4 is 27.5 Å². The van der Waals surface area contributed by atoms with Gasteiger partial charge in [-0.05, 0) is 61.9 Å². The Hall–Kier alpha value is -1.93. The highest BCUT2D eigenvalue weighted by Crippen LogP contribution is 2.35. The van der Waals surface area contributed by atoms with Crippen LogP contribution in [0.5, 0.6) is 0 Å². The van der Waals surface area contributed by atoms with E-state index in [0.717, 1.165) is 24.0 Å². The van der Waals surface area contributed by atoms with Crippen LogP contribution in [-0.2, 0) is 25.0 Å². The minimum absolute atomic E-state index is 0.134. The molecule has 1 aliphatic rings. The largest absolute Gasteiger partial charge is 0.381 e. The Kier molecular flexibility index (Phi) is 8.56. The first-order chi connectivity index (χ1) is 15.6. The third-order valence-electron chi connectivity index (χ3n) is 6.16. The number of rotatable bonds is 9. The third-order valence-corrected chi connectivity index (χ3v) is 7.90. The molecule has 0 radical (unpaired) electrons. The minimum Gasteiger partial charge on any atom is -0.381 e. The second kappa shape index (κ2) is 11.0. The lowest BCUT2D eigenvalue weighted by atomic mass is 9.74. The van der Waals surface area contributed by atoms with Crippen molar-refractivity contribution in [3.05, 3.63) is 64.7 Å². The lowest BCUT2D eigenvalue weighted by Gasteiger charge is -2.38. The molecule has 8 heteroatoms. The fraction of sp³-hybridized carbons (Fsp3) is 0.480. The van der Waals surface area contributed by atoms with E-state index >= 15 is 0 Å². The van der Waals surface area contributed by atoms with Crippen molar-refractivity contribution in [1.82, 2.24) is 10.0 Å². The number of ether oxygens (including phenoxy) is 1. The van der Waals surface area contributed by atoms with Crippen LogP contribution in [-0.4, -0.2) is 40.1 Å². The molecule has 1 fully saturated rings. The number of benzene rings is 2. The van der Waals surface area contributed by atoms with E-state index in [-0.39, 0.29) is 22.1 Å². The van der Waals surface area contributed by atoms with Crippen LogP contribution in [0.2, 0.25) is 5.02 Å². The van der Waals surface area contributed by atoms with Crippen LogP contribution in [0.25, 0.3) is 0 Å². The number of amides is 1. The van der Waals surface area contributed by atoms with Gasteiger partial charge in [-0.2, -0.15) is 4.72 Å². The fourth-order valence-electron chi connectivity index (χ4n) is 4.17. The molecule has 1 amide bonds. The number of hydrogen-bond donors (Lipinski definition) is 2. The second-order valence-corrected chi connectivity index (χ2v) is 11.4. The number of carbonyl (C=O) groups excluding carboxylic acids is 1. The first-order valence-corrected chi connectivity index (χ1v) is 13.2. The standard InChI is InChI=1S/C25H33ClN2O4S/c1-18(2)16-23(28-33(30,31)22-10-4-19(3)5-11-22)24(29)27-17-25(12-14-32-15-13-25)20-6-8-21(26)9-7-20/h4-11,18,23,28H,12-17H2,1-3H3,(H,27,29). The summed E-state index contributed by atoms with van der Waals surface area (Å²) >= 11 is 6.07. The fourth-order valence-corrected chi connectivity index (χ4v) is 5.50. The number of nitrogens with one attached hydrogen (secondary N) is 2. The molecule has 2 aromatic carbocycles. The smallest absolute Gasteiger partial charge is 0.241 e. The minimum atomic E-state index is -3.83. The Morgan fingerprint density at radius 1 is 1.06 bits per heavy atom. The van der Waals surface area contributed by atoms with Crippen LogP contribution < -0.4 is 10.0 Å². The topological polar surface area (TPSA) is 84.5 Å². The number of hydrogen-bond acceptors (Lipinski definition) is 4. The highest BCUT2D eigenvalue weighted by molar-refractivity contribution is 7.89. The molecule has 0 aromatic heterocycles. The molecule has 2 N–H and O–H groups in total. The van der Waals surface area contributed by atoms with E-state index in [2.05, 4.69) is 10.0 Å². The van der Waals surface area contributed by atoms with Gasteiger partial charge < -0.3 is 10.1 Å². The Balaban J connectivity index is 1.77. The summed E-state index contributed by atoms with van der Waals surface area (Å²) in [5.41, 5.74) is 1.78. The van der Waals surface area contributed by atoms with Gasteiger partial charge in [0.2, 0.25) is 15.9 Å². The molecule has 1 aliphatic heterocycles. The van der Waals surface area contributed by atoms with Gasteiger partial charge in [-0.25, -0.2) is 8.42 Å². The van der Waals surface area contributed by atoms with E-state index in [0.29, 0.717) is 31.2 Å². The zero-order chi connectivity index (χ0) is 24.1. The molecule has 0 saturated carbocycles. The van der Waals surface area contributed by atoms with E-state index in [1.807, 2.05) is 45.0 Å².